The average Bonchev–Trinajstić information content (AvgIpc) is 2.36. The maximum absolute atomic E-state index is 12.3. The Labute approximate surface area is 118 Å². The molecule has 2 N–H and O–H groups in total. The molecule has 1 rings (SSSR count). The normalized spacial score (nSPS) is 12.8. The van der Waals surface area contributed by atoms with Crippen molar-refractivity contribution in [2.75, 3.05) is 7.05 Å². The van der Waals surface area contributed by atoms with Gasteiger partial charge in [-0.15, -0.1) is 0 Å². The number of nitrogens with one attached hydrogen (secondary N) is 1. The number of sulfone groups is 1. The molecule has 1 unspecified atom stereocenters. The fourth-order valence-corrected chi connectivity index (χ4v) is 3.49. The molecule has 1 aromatic rings. The lowest BCUT2D eigenvalue weighted by molar-refractivity contribution is -0.119. The van der Waals surface area contributed by atoms with E-state index in [0.29, 0.717) is 4.47 Å². The Morgan fingerprint density at radius 3 is 2.42 bits per heavy atom. The molecule has 8 heteroatoms. The first-order chi connectivity index (χ1) is 8.71. The second kappa shape index (κ2) is 5.70. The predicted octanol–water partition coefficient (Wildman–Crippen LogP) is 1.06. The van der Waals surface area contributed by atoms with Gasteiger partial charge in [-0.3, -0.25) is 4.79 Å². The van der Waals surface area contributed by atoms with E-state index in [1.54, 1.807) is 0 Å². The van der Waals surface area contributed by atoms with Crippen molar-refractivity contribution in [2.45, 2.75) is 17.1 Å². The maximum atomic E-state index is 12.3. The third kappa shape index (κ3) is 3.13. The van der Waals surface area contributed by atoms with E-state index in [9.17, 15) is 18.0 Å². The maximum Gasteiger partial charge on any atom is 0.337 e. The fourth-order valence-electron chi connectivity index (χ4n) is 1.44. The van der Waals surface area contributed by atoms with Crippen LogP contribution >= 0.6 is 15.9 Å². The van der Waals surface area contributed by atoms with Gasteiger partial charge in [0.15, 0.2) is 9.84 Å². The summed E-state index contributed by atoms with van der Waals surface area (Å²) in [5.74, 6) is -2.06. The van der Waals surface area contributed by atoms with Crippen LogP contribution in [0.5, 0.6) is 0 Å². The smallest absolute Gasteiger partial charge is 0.337 e. The number of aromatic carboxylic acids is 1. The minimum Gasteiger partial charge on any atom is -0.478 e. The van der Waals surface area contributed by atoms with E-state index in [2.05, 4.69) is 21.2 Å². The summed E-state index contributed by atoms with van der Waals surface area (Å²) in [4.78, 5) is 22.1. The molecule has 0 radical (unpaired) electrons. The van der Waals surface area contributed by atoms with Crippen molar-refractivity contribution in [3.8, 4) is 0 Å². The minimum absolute atomic E-state index is 0.362. The first kappa shape index (κ1) is 15.6. The SMILES string of the molecule is CNC(=O)C(C)S(=O)(=O)c1cc(Br)ccc1C(=O)O. The number of amides is 1. The van der Waals surface area contributed by atoms with Crippen LogP contribution in [0.1, 0.15) is 17.3 Å². The Morgan fingerprint density at radius 1 is 1.37 bits per heavy atom. The number of carbonyl (C=O) groups is 2. The molecule has 0 aliphatic rings. The average molecular weight is 350 g/mol. The predicted molar refractivity (Wildman–Crippen MR) is 71.8 cm³/mol. The van der Waals surface area contributed by atoms with Crippen molar-refractivity contribution in [2.24, 2.45) is 0 Å². The highest BCUT2D eigenvalue weighted by molar-refractivity contribution is 9.10. The van der Waals surface area contributed by atoms with E-state index < -0.39 is 27.0 Å². The van der Waals surface area contributed by atoms with Gasteiger partial charge >= 0.3 is 5.97 Å². The van der Waals surface area contributed by atoms with Crippen LogP contribution in [0.15, 0.2) is 27.6 Å². The van der Waals surface area contributed by atoms with E-state index in [4.69, 9.17) is 5.11 Å². The van der Waals surface area contributed by atoms with Crippen molar-refractivity contribution in [1.29, 1.82) is 0 Å². The first-order valence-electron chi connectivity index (χ1n) is 5.20. The number of carbonyl (C=O) groups excluding carboxylic acids is 1. The van der Waals surface area contributed by atoms with Gasteiger partial charge in [0.2, 0.25) is 5.91 Å². The molecule has 0 aliphatic carbocycles. The number of halogens is 1. The van der Waals surface area contributed by atoms with Gasteiger partial charge in [0.05, 0.1) is 10.5 Å². The van der Waals surface area contributed by atoms with Crippen LogP contribution in [0.4, 0.5) is 0 Å². The second-order valence-corrected chi connectivity index (χ2v) is 6.90. The third-order valence-electron chi connectivity index (χ3n) is 2.56. The first-order valence-corrected chi connectivity index (χ1v) is 7.54. The van der Waals surface area contributed by atoms with Crippen molar-refractivity contribution in [3.05, 3.63) is 28.2 Å². The molecule has 0 spiro atoms. The van der Waals surface area contributed by atoms with Gasteiger partial charge in [-0.1, -0.05) is 15.9 Å². The third-order valence-corrected chi connectivity index (χ3v) is 5.15. The van der Waals surface area contributed by atoms with E-state index in [0.717, 1.165) is 0 Å². The molecule has 0 heterocycles. The number of carboxylic acids is 1. The monoisotopic (exact) mass is 349 g/mol. The molecule has 0 bridgehead atoms. The summed E-state index contributed by atoms with van der Waals surface area (Å²) in [7, 11) is -2.76. The highest BCUT2D eigenvalue weighted by atomic mass is 79.9. The van der Waals surface area contributed by atoms with Crippen LogP contribution < -0.4 is 5.32 Å². The lowest BCUT2D eigenvalue weighted by atomic mass is 10.2. The van der Waals surface area contributed by atoms with Crippen LogP contribution in [-0.2, 0) is 14.6 Å². The van der Waals surface area contributed by atoms with Crippen LogP contribution in [0.2, 0.25) is 0 Å². The topological polar surface area (TPSA) is 101 Å². The summed E-state index contributed by atoms with van der Waals surface area (Å²) < 4.78 is 24.9. The van der Waals surface area contributed by atoms with E-state index in [1.807, 2.05) is 0 Å². The summed E-state index contributed by atoms with van der Waals surface area (Å²) in [6, 6.07) is 3.78. The van der Waals surface area contributed by atoms with Gasteiger partial charge in [0.1, 0.15) is 5.25 Å². The van der Waals surface area contributed by atoms with E-state index in [1.165, 1.54) is 32.2 Å². The Hall–Kier alpha value is -1.41. The molecule has 1 amide bonds. The van der Waals surface area contributed by atoms with Crippen LogP contribution in [0, 0.1) is 0 Å². The Balaban J connectivity index is 3.48. The van der Waals surface area contributed by atoms with Gasteiger partial charge in [-0.2, -0.15) is 0 Å². The molecule has 0 saturated heterocycles. The Morgan fingerprint density at radius 2 is 1.95 bits per heavy atom. The van der Waals surface area contributed by atoms with Crippen LogP contribution in [-0.4, -0.2) is 37.7 Å². The van der Waals surface area contributed by atoms with Gasteiger partial charge < -0.3 is 10.4 Å². The molecule has 104 valence electrons. The van der Waals surface area contributed by atoms with Crippen molar-refractivity contribution in [1.82, 2.24) is 5.32 Å². The zero-order valence-electron chi connectivity index (χ0n) is 10.2. The molecule has 0 aromatic heterocycles. The molecule has 0 fully saturated rings. The summed E-state index contributed by atoms with van der Waals surface area (Å²) in [5, 5.41) is 9.87. The largest absolute Gasteiger partial charge is 0.478 e. The Bertz CT molecular complexity index is 626. The fraction of sp³-hybridized carbons (Fsp3) is 0.273. The number of hydrogen-bond donors (Lipinski definition) is 2. The molecular weight excluding hydrogens is 338 g/mol. The van der Waals surface area contributed by atoms with Gasteiger partial charge in [0.25, 0.3) is 0 Å². The molecular formula is C11H12BrNO5S. The summed E-state index contributed by atoms with van der Waals surface area (Å²) in [5.41, 5.74) is -0.362. The molecule has 6 nitrogen and oxygen atoms in total. The Kier molecular flexibility index (Phi) is 4.70. The summed E-state index contributed by atoms with van der Waals surface area (Å²) >= 11 is 3.08. The zero-order valence-corrected chi connectivity index (χ0v) is 12.6. The molecule has 1 aromatic carbocycles. The highest BCUT2D eigenvalue weighted by Crippen LogP contribution is 2.25. The van der Waals surface area contributed by atoms with E-state index >= 15 is 0 Å². The minimum atomic E-state index is -4.07. The lowest BCUT2D eigenvalue weighted by Crippen LogP contribution is -2.36. The van der Waals surface area contributed by atoms with Crippen molar-refractivity contribution in [3.63, 3.8) is 0 Å². The standard InChI is InChI=1S/C11H12BrNO5S/c1-6(10(14)13-2)19(17,18)9-5-7(12)3-4-8(9)11(15)16/h3-6H,1-2H3,(H,13,14)(H,15,16). The quantitative estimate of drug-likeness (QED) is 0.846. The van der Waals surface area contributed by atoms with Crippen molar-refractivity contribution >= 4 is 37.6 Å². The highest BCUT2D eigenvalue weighted by Gasteiger charge is 2.32. The zero-order chi connectivity index (χ0) is 14.8. The van der Waals surface area contributed by atoms with E-state index in [-0.39, 0.29) is 10.5 Å². The lowest BCUT2D eigenvalue weighted by Gasteiger charge is -2.13. The summed E-state index contributed by atoms with van der Waals surface area (Å²) in [6.45, 7) is 1.21. The molecule has 0 aliphatic heterocycles. The van der Waals surface area contributed by atoms with Crippen LogP contribution in [0.25, 0.3) is 0 Å². The van der Waals surface area contributed by atoms with Crippen molar-refractivity contribution < 1.29 is 23.1 Å². The summed E-state index contributed by atoms with van der Waals surface area (Å²) in [6.07, 6.45) is 0. The second-order valence-electron chi connectivity index (χ2n) is 3.75. The number of rotatable bonds is 4. The number of carboxylic acid groups (broad SMARTS) is 1. The number of hydrogen-bond acceptors (Lipinski definition) is 4. The molecule has 0 saturated carbocycles. The number of benzene rings is 1. The molecule has 1 atom stereocenters. The van der Waals surface area contributed by atoms with Gasteiger partial charge in [0, 0.05) is 11.5 Å². The molecule has 19 heavy (non-hydrogen) atoms. The van der Waals surface area contributed by atoms with Gasteiger partial charge in [-0.05, 0) is 25.1 Å². The van der Waals surface area contributed by atoms with Gasteiger partial charge in [-0.25, -0.2) is 13.2 Å². The van der Waals surface area contributed by atoms with Crippen LogP contribution in [0.3, 0.4) is 0 Å².